The highest BCUT2D eigenvalue weighted by molar-refractivity contribution is 5.82. The number of amides is 1. The lowest BCUT2D eigenvalue weighted by Gasteiger charge is -2.10. The fraction of sp³-hybridized carbons (Fsp3) is 0.800. The Bertz CT molecular complexity index is 126. The average Bonchev–Trinajstić information content (AvgIpc) is 2.15. The van der Waals surface area contributed by atoms with Crippen LogP contribution in [-0.2, 0) is 4.79 Å². The number of nitrogens with zero attached hydrogens (tertiary/aromatic N) is 1. The molecule has 1 atom stereocenters. The predicted molar refractivity (Wildman–Crippen MR) is 31.4 cm³/mol. The van der Waals surface area contributed by atoms with Crippen LogP contribution in [0.1, 0.15) is 6.42 Å². The minimum Gasteiger partial charge on any atom is -0.383 e. The molecule has 1 heterocycles. The van der Waals surface area contributed by atoms with Gasteiger partial charge in [-0.25, -0.2) is 0 Å². The van der Waals surface area contributed by atoms with E-state index in [1.165, 1.54) is 4.90 Å². The molecule has 1 saturated heterocycles. The summed E-state index contributed by atoms with van der Waals surface area (Å²) in [5, 5.41) is 8.85. The molecular formula is C5H10N2O2. The molecule has 1 aliphatic rings. The number of rotatable bonds is 1. The highest BCUT2D eigenvalue weighted by Gasteiger charge is 2.28. The van der Waals surface area contributed by atoms with E-state index in [0.717, 1.165) is 0 Å². The fourth-order valence-electron chi connectivity index (χ4n) is 0.904. The molecule has 0 aromatic rings. The van der Waals surface area contributed by atoms with E-state index < -0.39 is 6.10 Å². The first-order valence-corrected chi connectivity index (χ1v) is 2.92. The number of aliphatic hydroxyl groups is 1. The lowest BCUT2D eigenvalue weighted by Crippen LogP contribution is -2.34. The van der Waals surface area contributed by atoms with Crippen LogP contribution in [0.25, 0.3) is 0 Å². The highest BCUT2D eigenvalue weighted by atomic mass is 16.3. The normalized spacial score (nSPS) is 27.6. The zero-order valence-electron chi connectivity index (χ0n) is 5.08. The molecule has 1 fully saturated rings. The minimum atomic E-state index is -0.798. The van der Waals surface area contributed by atoms with Gasteiger partial charge in [0.1, 0.15) is 6.10 Å². The van der Waals surface area contributed by atoms with E-state index in [1.54, 1.807) is 0 Å². The van der Waals surface area contributed by atoms with Crippen molar-refractivity contribution in [1.82, 2.24) is 4.90 Å². The Morgan fingerprint density at radius 2 is 2.56 bits per heavy atom. The van der Waals surface area contributed by atoms with Crippen molar-refractivity contribution in [3.05, 3.63) is 0 Å². The number of carbonyl (C=O) groups excluding carboxylic acids is 1. The Labute approximate surface area is 53.2 Å². The summed E-state index contributed by atoms with van der Waals surface area (Å²) < 4.78 is 0. The molecular weight excluding hydrogens is 120 g/mol. The van der Waals surface area contributed by atoms with Gasteiger partial charge in [0, 0.05) is 6.54 Å². The summed E-state index contributed by atoms with van der Waals surface area (Å²) in [4.78, 5) is 12.2. The first-order valence-electron chi connectivity index (χ1n) is 2.92. The van der Waals surface area contributed by atoms with Crippen molar-refractivity contribution in [2.45, 2.75) is 12.5 Å². The van der Waals surface area contributed by atoms with Gasteiger partial charge in [-0.2, -0.15) is 0 Å². The molecule has 1 unspecified atom stereocenters. The first-order chi connectivity index (χ1) is 4.25. The summed E-state index contributed by atoms with van der Waals surface area (Å²) in [6.07, 6.45) is -0.274. The SMILES string of the molecule is NCN1CCC(O)C1=O. The molecule has 0 aliphatic carbocycles. The van der Waals surface area contributed by atoms with Gasteiger partial charge in [0.05, 0.1) is 6.67 Å². The molecule has 52 valence electrons. The van der Waals surface area contributed by atoms with Crippen LogP contribution in [0.15, 0.2) is 0 Å². The Morgan fingerprint density at radius 3 is 2.78 bits per heavy atom. The highest BCUT2D eigenvalue weighted by Crippen LogP contribution is 2.07. The zero-order valence-corrected chi connectivity index (χ0v) is 5.08. The topological polar surface area (TPSA) is 66.6 Å². The molecule has 0 spiro atoms. The second-order valence-corrected chi connectivity index (χ2v) is 2.09. The van der Waals surface area contributed by atoms with Crippen LogP contribution in [0, 0.1) is 0 Å². The van der Waals surface area contributed by atoms with Crippen LogP contribution >= 0.6 is 0 Å². The molecule has 0 aromatic carbocycles. The van der Waals surface area contributed by atoms with Gasteiger partial charge in [-0.05, 0) is 6.42 Å². The van der Waals surface area contributed by atoms with E-state index in [0.29, 0.717) is 13.0 Å². The van der Waals surface area contributed by atoms with Gasteiger partial charge in [-0.3, -0.25) is 4.79 Å². The summed E-state index contributed by atoms with van der Waals surface area (Å²) in [6, 6.07) is 0. The largest absolute Gasteiger partial charge is 0.383 e. The molecule has 0 bridgehead atoms. The van der Waals surface area contributed by atoms with Crippen LogP contribution in [0.3, 0.4) is 0 Å². The predicted octanol–water partition coefficient (Wildman–Crippen LogP) is -1.50. The van der Waals surface area contributed by atoms with Gasteiger partial charge < -0.3 is 15.7 Å². The lowest BCUT2D eigenvalue weighted by atomic mass is 10.3. The monoisotopic (exact) mass is 130 g/mol. The van der Waals surface area contributed by atoms with E-state index in [4.69, 9.17) is 10.8 Å². The van der Waals surface area contributed by atoms with Crippen LogP contribution in [0.2, 0.25) is 0 Å². The van der Waals surface area contributed by atoms with E-state index in [9.17, 15) is 4.79 Å². The Balaban J connectivity index is 2.51. The Kier molecular flexibility index (Phi) is 1.68. The molecule has 3 N–H and O–H groups in total. The van der Waals surface area contributed by atoms with Gasteiger partial charge in [0.15, 0.2) is 0 Å². The first kappa shape index (κ1) is 6.51. The van der Waals surface area contributed by atoms with E-state index in [2.05, 4.69) is 0 Å². The van der Waals surface area contributed by atoms with Gasteiger partial charge >= 0.3 is 0 Å². The fourth-order valence-corrected chi connectivity index (χ4v) is 0.904. The molecule has 4 heteroatoms. The average molecular weight is 130 g/mol. The van der Waals surface area contributed by atoms with Crippen molar-refractivity contribution in [2.75, 3.05) is 13.2 Å². The summed E-state index contributed by atoms with van der Waals surface area (Å²) in [7, 11) is 0. The van der Waals surface area contributed by atoms with E-state index >= 15 is 0 Å². The number of hydrogen-bond donors (Lipinski definition) is 2. The summed E-state index contributed by atoms with van der Waals surface area (Å²) in [6.45, 7) is 0.812. The van der Waals surface area contributed by atoms with Gasteiger partial charge in [0.2, 0.25) is 0 Å². The van der Waals surface area contributed by atoms with Crippen molar-refractivity contribution in [2.24, 2.45) is 5.73 Å². The number of carbonyl (C=O) groups is 1. The molecule has 1 rings (SSSR count). The second kappa shape index (κ2) is 2.33. The molecule has 1 aliphatic heterocycles. The number of hydrogen-bond acceptors (Lipinski definition) is 3. The van der Waals surface area contributed by atoms with Gasteiger partial charge in [-0.15, -0.1) is 0 Å². The second-order valence-electron chi connectivity index (χ2n) is 2.09. The van der Waals surface area contributed by atoms with Crippen molar-refractivity contribution in [3.63, 3.8) is 0 Å². The Hall–Kier alpha value is -0.610. The zero-order chi connectivity index (χ0) is 6.85. The maximum Gasteiger partial charge on any atom is 0.252 e. The van der Waals surface area contributed by atoms with Crippen LogP contribution in [-0.4, -0.2) is 35.2 Å². The standard InChI is InChI=1S/C5H10N2O2/c6-3-7-2-1-4(8)5(7)9/h4,8H,1-3,6H2. The number of likely N-dealkylation sites (tertiary alicyclic amines) is 1. The van der Waals surface area contributed by atoms with Crippen molar-refractivity contribution >= 4 is 5.91 Å². The molecule has 9 heavy (non-hydrogen) atoms. The number of aliphatic hydroxyl groups excluding tert-OH is 1. The molecule has 0 radical (unpaired) electrons. The van der Waals surface area contributed by atoms with Crippen molar-refractivity contribution < 1.29 is 9.90 Å². The third-order valence-corrected chi connectivity index (χ3v) is 1.49. The maximum absolute atomic E-state index is 10.7. The van der Waals surface area contributed by atoms with Crippen molar-refractivity contribution in [3.8, 4) is 0 Å². The molecule has 0 saturated carbocycles. The van der Waals surface area contributed by atoms with Crippen LogP contribution in [0.4, 0.5) is 0 Å². The smallest absolute Gasteiger partial charge is 0.252 e. The van der Waals surface area contributed by atoms with Crippen molar-refractivity contribution in [1.29, 1.82) is 0 Å². The van der Waals surface area contributed by atoms with Gasteiger partial charge in [-0.1, -0.05) is 0 Å². The Morgan fingerprint density at radius 1 is 1.89 bits per heavy atom. The van der Waals surface area contributed by atoms with E-state index in [1.807, 2.05) is 0 Å². The maximum atomic E-state index is 10.7. The van der Waals surface area contributed by atoms with Crippen LogP contribution in [0.5, 0.6) is 0 Å². The van der Waals surface area contributed by atoms with E-state index in [-0.39, 0.29) is 12.6 Å². The molecule has 4 nitrogen and oxygen atoms in total. The summed E-state index contributed by atoms with van der Waals surface area (Å²) in [5.74, 6) is -0.238. The molecule has 0 aromatic heterocycles. The quantitative estimate of drug-likeness (QED) is 0.453. The summed E-state index contributed by atoms with van der Waals surface area (Å²) >= 11 is 0. The summed E-state index contributed by atoms with van der Waals surface area (Å²) in [5.41, 5.74) is 5.18. The third kappa shape index (κ3) is 1.04. The van der Waals surface area contributed by atoms with Crippen LogP contribution < -0.4 is 5.73 Å². The van der Waals surface area contributed by atoms with Gasteiger partial charge in [0.25, 0.3) is 5.91 Å². The minimum absolute atomic E-state index is 0.218. The molecule has 1 amide bonds. The lowest BCUT2D eigenvalue weighted by molar-refractivity contribution is -0.134. The third-order valence-electron chi connectivity index (χ3n) is 1.49. The number of nitrogens with two attached hydrogens (primary N) is 1.